The molecule has 0 bridgehead atoms. The Balaban J connectivity index is 1.30. The number of aromatic nitrogens is 1. The largest absolute Gasteiger partial charge is 0.487 e. The second-order valence-corrected chi connectivity index (χ2v) is 7.40. The summed E-state index contributed by atoms with van der Waals surface area (Å²) in [5, 5.41) is 10.1. The average Bonchev–Trinajstić information content (AvgIpc) is 2.86. The van der Waals surface area contributed by atoms with Crippen LogP contribution in [0.25, 0.3) is 16.6 Å². The number of hydrogen-bond acceptors (Lipinski definition) is 5. The van der Waals surface area contributed by atoms with E-state index in [1.54, 1.807) is 6.08 Å². The van der Waals surface area contributed by atoms with Crippen LogP contribution in [0.1, 0.15) is 23.2 Å². The number of aliphatic carboxylic acids is 1. The summed E-state index contributed by atoms with van der Waals surface area (Å²) >= 11 is 0. The zero-order valence-corrected chi connectivity index (χ0v) is 18.0. The molecule has 2 N–H and O–H groups in total. The summed E-state index contributed by atoms with van der Waals surface area (Å²) in [6.45, 7) is 0.695. The van der Waals surface area contributed by atoms with Crippen molar-refractivity contribution >= 4 is 22.6 Å². The Kier molecular flexibility index (Phi) is 7.30. The van der Waals surface area contributed by atoms with E-state index in [9.17, 15) is 4.79 Å². The van der Waals surface area contributed by atoms with Gasteiger partial charge in [0.1, 0.15) is 12.4 Å². The fourth-order valence-electron chi connectivity index (χ4n) is 3.25. The van der Waals surface area contributed by atoms with Crippen LogP contribution in [-0.2, 0) is 22.8 Å². The van der Waals surface area contributed by atoms with Crippen molar-refractivity contribution in [3.05, 3.63) is 114 Å². The van der Waals surface area contributed by atoms with Gasteiger partial charge in [-0.3, -0.25) is 15.1 Å². The smallest absolute Gasteiger partial charge is 0.307 e. The first-order valence-corrected chi connectivity index (χ1v) is 10.6. The van der Waals surface area contributed by atoms with Crippen LogP contribution in [0.5, 0.6) is 5.75 Å². The number of pyridine rings is 1. The fourth-order valence-corrected chi connectivity index (χ4v) is 3.25. The van der Waals surface area contributed by atoms with Gasteiger partial charge in [0.25, 0.3) is 0 Å². The second kappa shape index (κ2) is 10.9. The van der Waals surface area contributed by atoms with Gasteiger partial charge < -0.3 is 9.84 Å². The molecular formula is C27H24N2O4. The van der Waals surface area contributed by atoms with Crippen molar-refractivity contribution in [2.45, 2.75) is 19.6 Å². The molecule has 0 unspecified atom stereocenters. The maximum absolute atomic E-state index is 10.9. The Labute approximate surface area is 192 Å². The third-order valence-electron chi connectivity index (χ3n) is 4.95. The van der Waals surface area contributed by atoms with Crippen LogP contribution >= 0.6 is 0 Å². The standard InChI is InChI=1S/C27H24N2O4/c30-27(31)17-16-26(21-6-2-1-3-7-21)29-33-18-20-10-14-24(15-11-20)32-19-23-13-12-22-8-4-5-9-25(22)28-23/h1-16,29H,17-19H2,(H,30,31). The van der Waals surface area contributed by atoms with Crippen molar-refractivity contribution in [1.82, 2.24) is 10.5 Å². The van der Waals surface area contributed by atoms with Gasteiger partial charge in [0.15, 0.2) is 0 Å². The summed E-state index contributed by atoms with van der Waals surface area (Å²) in [6.07, 6.45) is 1.49. The topological polar surface area (TPSA) is 80.7 Å². The summed E-state index contributed by atoms with van der Waals surface area (Å²) in [5.74, 6) is -0.160. The molecule has 4 aromatic rings. The van der Waals surface area contributed by atoms with Crippen LogP contribution in [0.4, 0.5) is 0 Å². The highest BCUT2D eigenvalue weighted by molar-refractivity contribution is 5.78. The molecule has 6 heteroatoms. The van der Waals surface area contributed by atoms with Crippen LogP contribution in [0.2, 0.25) is 0 Å². The number of carbonyl (C=O) groups is 1. The molecule has 0 saturated carbocycles. The lowest BCUT2D eigenvalue weighted by Gasteiger charge is -2.12. The number of benzene rings is 3. The number of hydrogen-bond donors (Lipinski definition) is 2. The zero-order valence-electron chi connectivity index (χ0n) is 18.0. The van der Waals surface area contributed by atoms with Crippen LogP contribution in [0, 0.1) is 0 Å². The van der Waals surface area contributed by atoms with Gasteiger partial charge in [0, 0.05) is 5.39 Å². The molecule has 0 spiro atoms. The molecule has 0 fully saturated rings. The number of hydroxylamine groups is 1. The maximum Gasteiger partial charge on any atom is 0.307 e. The number of para-hydroxylation sites is 1. The number of carboxylic acid groups (broad SMARTS) is 1. The van der Waals surface area contributed by atoms with Crippen LogP contribution in [0.15, 0.2) is 97.1 Å². The van der Waals surface area contributed by atoms with Gasteiger partial charge >= 0.3 is 5.97 Å². The molecule has 0 saturated heterocycles. The molecule has 33 heavy (non-hydrogen) atoms. The van der Waals surface area contributed by atoms with E-state index in [2.05, 4.69) is 10.5 Å². The Hall–Kier alpha value is -4.16. The quantitative estimate of drug-likeness (QED) is 0.324. The Morgan fingerprint density at radius 2 is 1.64 bits per heavy atom. The van der Waals surface area contributed by atoms with Crippen molar-refractivity contribution in [2.75, 3.05) is 0 Å². The Morgan fingerprint density at radius 3 is 2.42 bits per heavy atom. The van der Waals surface area contributed by atoms with E-state index in [1.807, 2.05) is 91.0 Å². The van der Waals surface area contributed by atoms with Gasteiger partial charge in [-0.2, -0.15) is 0 Å². The van der Waals surface area contributed by atoms with E-state index in [4.69, 9.17) is 14.7 Å². The predicted molar refractivity (Wildman–Crippen MR) is 127 cm³/mol. The summed E-state index contributed by atoms with van der Waals surface area (Å²) in [6, 6.07) is 29.1. The number of carboxylic acids is 1. The summed E-state index contributed by atoms with van der Waals surface area (Å²) in [5.41, 5.74) is 7.10. The summed E-state index contributed by atoms with van der Waals surface area (Å²) in [4.78, 5) is 21.2. The van der Waals surface area contributed by atoms with Crippen molar-refractivity contribution in [1.29, 1.82) is 0 Å². The molecule has 0 aliphatic rings. The normalized spacial score (nSPS) is 11.3. The molecule has 0 atom stereocenters. The van der Waals surface area contributed by atoms with Gasteiger partial charge in [0.05, 0.1) is 29.9 Å². The lowest BCUT2D eigenvalue weighted by molar-refractivity contribution is -0.136. The first-order valence-electron chi connectivity index (χ1n) is 10.6. The molecule has 0 aliphatic carbocycles. The number of nitrogens with zero attached hydrogens (tertiary/aromatic N) is 1. The van der Waals surface area contributed by atoms with E-state index in [1.165, 1.54) is 0 Å². The van der Waals surface area contributed by atoms with Gasteiger partial charge in [-0.25, -0.2) is 4.98 Å². The fraction of sp³-hybridized carbons (Fsp3) is 0.111. The van der Waals surface area contributed by atoms with Crippen LogP contribution < -0.4 is 10.2 Å². The lowest BCUT2D eigenvalue weighted by Crippen LogP contribution is -2.13. The molecule has 3 aromatic carbocycles. The highest BCUT2D eigenvalue weighted by Crippen LogP contribution is 2.17. The third-order valence-corrected chi connectivity index (χ3v) is 4.95. The van der Waals surface area contributed by atoms with Crippen molar-refractivity contribution in [3.8, 4) is 5.75 Å². The zero-order chi connectivity index (χ0) is 22.9. The minimum absolute atomic E-state index is 0.0985. The molecule has 0 amide bonds. The summed E-state index contributed by atoms with van der Waals surface area (Å²) in [7, 11) is 0. The number of fused-ring (bicyclic) bond motifs is 1. The average molecular weight is 440 g/mol. The summed E-state index contributed by atoms with van der Waals surface area (Å²) < 4.78 is 5.87. The van der Waals surface area contributed by atoms with Gasteiger partial charge in [-0.05, 0) is 41.5 Å². The predicted octanol–water partition coefficient (Wildman–Crippen LogP) is 5.35. The van der Waals surface area contributed by atoms with E-state index < -0.39 is 5.97 Å². The van der Waals surface area contributed by atoms with Gasteiger partial charge in [-0.1, -0.05) is 66.7 Å². The van der Waals surface area contributed by atoms with E-state index in [0.29, 0.717) is 18.9 Å². The Bertz CT molecular complexity index is 1240. The molecule has 0 aliphatic heterocycles. The first-order chi connectivity index (χ1) is 16.2. The van der Waals surface area contributed by atoms with E-state index in [-0.39, 0.29) is 6.42 Å². The van der Waals surface area contributed by atoms with Gasteiger partial charge in [0.2, 0.25) is 0 Å². The molecule has 4 rings (SSSR count). The molecule has 0 radical (unpaired) electrons. The number of rotatable bonds is 10. The van der Waals surface area contributed by atoms with E-state index >= 15 is 0 Å². The number of nitrogens with one attached hydrogen (secondary N) is 1. The molecule has 6 nitrogen and oxygen atoms in total. The maximum atomic E-state index is 10.9. The lowest BCUT2D eigenvalue weighted by atomic mass is 10.1. The highest BCUT2D eigenvalue weighted by atomic mass is 16.6. The SMILES string of the molecule is O=C(O)CC=C(NOCc1ccc(OCc2ccc3ccccc3n2)cc1)c1ccccc1. The third kappa shape index (κ3) is 6.41. The minimum Gasteiger partial charge on any atom is -0.487 e. The van der Waals surface area contributed by atoms with Crippen molar-refractivity contribution in [2.24, 2.45) is 0 Å². The number of ether oxygens (including phenoxy) is 1. The van der Waals surface area contributed by atoms with Crippen LogP contribution in [0.3, 0.4) is 0 Å². The van der Waals surface area contributed by atoms with Gasteiger partial charge in [-0.15, -0.1) is 0 Å². The van der Waals surface area contributed by atoms with Crippen LogP contribution in [-0.4, -0.2) is 16.1 Å². The minimum atomic E-state index is -0.903. The van der Waals surface area contributed by atoms with E-state index in [0.717, 1.165) is 33.5 Å². The van der Waals surface area contributed by atoms with Crippen molar-refractivity contribution < 1.29 is 19.5 Å². The Morgan fingerprint density at radius 1 is 0.879 bits per heavy atom. The molecular weight excluding hydrogens is 416 g/mol. The molecule has 1 heterocycles. The highest BCUT2D eigenvalue weighted by Gasteiger charge is 2.04. The monoisotopic (exact) mass is 440 g/mol. The molecule has 166 valence electrons. The van der Waals surface area contributed by atoms with Crippen molar-refractivity contribution in [3.63, 3.8) is 0 Å². The second-order valence-electron chi connectivity index (χ2n) is 7.40. The molecule has 1 aromatic heterocycles. The first kappa shape index (κ1) is 22.0.